The predicted octanol–water partition coefficient (Wildman–Crippen LogP) is 0.897. The van der Waals surface area contributed by atoms with Gasteiger partial charge in [0, 0.05) is 10.7 Å². The second-order valence-electron chi connectivity index (χ2n) is 4.14. The zero-order chi connectivity index (χ0) is 15.2. The Hall–Kier alpha value is -2.48. The van der Waals surface area contributed by atoms with E-state index in [1.54, 1.807) is 24.3 Å². The van der Waals surface area contributed by atoms with Crippen molar-refractivity contribution in [2.45, 2.75) is 19.6 Å². The van der Waals surface area contributed by atoms with Crippen molar-refractivity contribution < 1.29 is 14.3 Å². The fraction of sp³-hybridized carbons (Fsp3) is 0.250. The number of hydrogen-bond acceptors (Lipinski definition) is 6. The molecule has 1 atom stereocenters. The molecule has 0 fully saturated rings. The molecule has 1 N–H and O–H groups in total. The molecule has 0 saturated carbocycles. The van der Waals surface area contributed by atoms with Crippen LogP contribution < -0.4 is 5.32 Å². The molecular formula is C12H12ClN5O3. The first-order valence-electron chi connectivity index (χ1n) is 6.01. The summed E-state index contributed by atoms with van der Waals surface area (Å²) in [6.07, 6.45) is 0.337. The third kappa shape index (κ3) is 4.53. The Labute approximate surface area is 125 Å². The number of halogens is 1. The molecule has 21 heavy (non-hydrogen) atoms. The Morgan fingerprint density at radius 2 is 2.10 bits per heavy atom. The van der Waals surface area contributed by atoms with Crippen molar-refractivity contribution in [2.24, 2.45) is 0 Å². The van der Waals surface area contributed by atoms with Gasteiger partial charge in [-0.2, -0.15) is 0 Å². The summed E-state index contributed by atoms with van der Waals surface area (Å²) in [5.74, 6) is -1.05. The number of carbonyl (C=O) groups excluding carboxylic acids is 2. The number of esters is 1. The van der Waals surface area contributed by atoms with E-state index in [1.165, 1.54) is 17.9 Å². The molecule has 0 aliphatic carbocycles. The van der Waals surface area contributed by atoms with Crippen LogP contribution in [0.4, 0.5) is 5.69 Å². The van der Waals surface area contributed by atoms with Crippen LogP contribution in [0.2, 0.25) is 5.02 Å². The van der Waals surface area contributed by atoms with Gasteiger partial charge in [0.1, 0.15) is 12.9 Å². The summed E-state index contributed by atoms with van der Waals surface area (Å²) in [4.78, 5) is 23.5. The number of benzene rings is 1. The van der Waals surface area contributed by atoms with Crippen LogP contribution in [0.15, 0.2) is 30.6 Å². The van der Waals surface area contributed by atoms with E-state index in [1.807, 2.05) is 0 Å². The van der Waals surface area contributed by atoms with Crippen LogP contribution in [0.5, 0.6) is 0 Å². The first-order chi connectivity index (χ1) is 10.0. The number of nitrogens with zero attached hydrogens (tertiary/aromatic N) is 4. The van der Waals surface area contributed by atoms with E-state index >= 15 is 0 Å². The van der Waals surface area contributed by atoms with Gasteiger partial charge < -0.3 is 10.1 Å². The van der Waals surface area contributed by atoms with Gasteiger partial charge in [-0.15, -0.1) is 5.10 Å². The third-order valence-electron chi connectivity index (χ3n) is 2.47. The first kappa shape index (κ1) is 14.9. The average molecular weight is 310 g/mol. The topological polar surface area (TPSA) is 99.0 Å². The number of tetrazole rings is 1. The molecule has 0 spiro atoms. The minimum absolute atomic E-state index is 0.161. The van der Waals surface area contributed by atoms with E-state index in [0.29, 0.717) is 10.7 Å². The summed E-state index contributed by atoms with van der Waals surface area (Å²) in [6, 6.07) is 6.59. The number of carbonyl (C=O) groups is 2. The summed E-state index contributed by atoms with van der Waals surface area (Å²) >= 11 is 5.75. The van der Waals surface area contributed by atoms with Gasteiger partial charge in [-0.3, -0.25) is 9.59 Å². The van der Waals surface area contributed by atoms with E-state index in [9.17, 15) is 9.59 Å². The highest BCUT2D eigenvalue weighted by Gasteiger charge is 2.18. The number of ether oxygens (including phenoxy) is 1. The quantitative estimate of drug-likeness (QED) is 0.824. The molecule has 1 amide bonds. The van der Waals surface area contributed by atoms with Gasteiger partial charge in [-0.1, -0.05) is 11.6 Å². The average Bonchev–Trinajstić information content (AvgIpc) is 2.94. The maximum Gasteiger partial charge on any atom is 0.328 e. The summed E-state index contributed by atoms with van der Waals surface area (Å²) in [5.41, 5.74) is 0.563. The maximum absolute atomic E-state index is 11.9. The molecule has 0 aliphatic heterocycles. The second kappa shape index (κ2) is 6.80. The SMILES string of the molecule is C[C@@H](OC(=O)Cn1cnnn1)C(=O)Nc1ccc(Cl)cc1. The van der Waals surface area contributed by atoms with Crippen molar-refractivity contribution in [2.75, 3.05) is 5.32 Å². The van der Waals surface area contributed by atoms with Gasteiger partial charge in [0.2, 0.25) is 0 Å². The van der Waals surface area contributed by atoms with E-state index in [-0.39, 0.29) is 6.54 Å². The maximum atomic E-state index is 11.9. The van der Waals surface area contributed by atoms with E-state index in [2.05, 4.69) is 20.8 Å². The molecule has 0 saturated heterocycles. The first-order valence-corrected chi connectivity index (χ1v) is 6.39. The van der Waals surface area contributed by atoms with Crippen LogP contribution in [0.25, 0.3) is 0 Å². The second-order valence-corrected chi connectivity index (χ2v) is 4.57. The van der Waals surface area contributed by atoms with Gasteiger partial charge in [0.25, 0.3) is 5.91 Å². The van der Waals surface area contributed by atoms with E-state index in [4.69, 9.17) is 16.3 Å². The molecular weight excluding hydrogens is 298 g/mol. The summed E-state index contributed by atoms with van der Waals surface area (Å²) < 4.78 is 6.19. The van der Waals surface area contributed by atoms with Crippen LogP contribution in [-0.4, -0.2) is 38.2 Å². The van der Waals surface area contributed by atoms with E-state index in [0.717, 1.165) is 0 Å². The zero-order valence-corrected chi connectivity index (χ0v) is 11.8. The van der Waals surface area contributed by atoms with Crippen molar-refractivity contribution in [1.82, 2.24) is 20.2 Å². The summed E-state index contributed by atoms with van der Waals surface area (Å²) in [6.45, 7) is 1.31. The van der Waals surface area contributed by atoms with Gasteiger partial charge in [0.05, 0.1) is 0 Å². The lowest BCUT2D eigenvalue weighted by atomic mass is 10.3. The lowest BCUT2D eigenvalue weighted by molar-refractivity contribution is -0.153. The van der Waals surface area contributed by atoms with E-state index < -0.39 is 18.0 Å². The number of hydrogen-bond donors (Lipinski definition) is 1. The van der Waals surface area contributed by atoms with Gasteiger partial charge >= 0.3 is 5.97 Å². The molecule has 0 unspecified atom stereocenters. The van der Waals surface area contributed by atoms with Crippen molar-refractivity contribution in [3.8, 4) is 0 Å². The van der Waals surface area contributed by atoms with Crippen LogP contribution >= 0.6 is 11.6 Å². The Morgan fingerprint density at radius 3 is 2.71 bits per heavy atom. The predicted molar refractivity (Wildman–Crippen MR) is 73.5 cm³/mol. The van der Waals surface area contributed by atoms with Gasteiger partial charge in [0.15, 0.2) is 6.10 Å². The molecule has 1 aromatic carbocycles. The van der Waals surface area contributed by atoms with Crippen molar-refractivity contribution in [1.29, 1.82) is 0 Å². The number of anilines is 1. The largest absolute Gasteiger partial charge is 0.451 e. The molecule has 0 aliphatic rings. The van der Waals surface area contributed by atoms with Crippen molar-refractivity contribution in [3.63, 3.8) is 0 Å². The lowest BCUT2D eigenvalue weighted by Gasteiger charge is -2.13. The highest BCUT2D eigenvalue weighted by molar-refractivity contribution is 6.30. The Bertz CT molecular complexity index is 614. The van der Waals surface area contributed by atoms with Gasteiger partial charge in [-0.25, -0.2) is 4.68 Å². The summed E-state index contributed by atoms with van der Waals surface area (Å²) in [5, 5.41) is 13.5. The third-order valence-corrected chi connectivity index (χ3v) is 2.72. The fourth-order valence-corrected chi connectivity index (χ4v) is 1.58. The molecule has 1 aromatic heterocycles. The fourth-order valence-electron chi connectivity index (χ4n) is 1.45. The number of rotatable bonds is 5. The molecule has 0 bridgehead atoms. The number of amides is 1. The van der Waals surface area contributed by atoms with Crippen LogP contribution in [-0.2, 0) is 20.9 Å². The molecule has 9 heteroatoms. The molecule has 0 radical (unpaired) electrons. The minimum Gasteiger partial charge on any atom is -0.451 e. The van der Waals surface area contributed by atoms with Crippen LogP contribution in [0, 0.1) is 0 Å². The highest BCUT2D eigenvalue weighted by atomic mass is 35.5. The monoisotopic (exact) mass is 309 g/mol. The number of nitrogens with one attached hydrogen (secondary N) is 1. The highest BCUT2D eigenvalue weighted by Crippen LogP contribution is 2.13. The van der Waals surface area contributed by atoms with Crippen molar-refractivity contribution in [3.05, 3.63) is 35.6 Å². The molecule has 110 valence electrons. The zero-order valence-electron chi connectivity index (χ0n) is 11.1. The Kier molecular flexibility index (Phi) is 4.83. The Balaban J connectivity index is 1.84. The molecule has 2 aromatic rings. The van der Waals surface area contributed by atoms with Gasteiger partial charge in [-0.05, 0) is 41.6 Å². The van der Waals surface area contributed by atoms with Crippen LogP contribution in [0.3, 0.4) is 0 Å². The molecule has 2 rings (SSSR count). The smallest absolute Gasteiger partial charge is 0.328 e. The summed E-state index contributed by atoms with van der Waals surface area (Å²) in [7, 11) is 0. The normalized spacial score (nSPS) is 11.7. The minimum atomic E-state index is -0.940. The van der Waals surface area contributed by atoms with Crippen molar-refractivity contribution >= 4 is 29.2 Å². The number of aromatic nitrogens is 4. The lowest BCUT2D eigenvalue weighted by Crippen LogP contribution is -2.31. The molecule has 1 heterocycles. The Morgan fingerprint density at radius 1 is 1.38 bits per heavy atom. The molecule has 8 nitrogen and oxygen atoms in total. The standard InChI is InChI=1S/C12H12ClN5O3/c1-8(21-11(19)6-18-7-14-16-17-18)12(20)15-10-4-2-9(13)3-5-10/h2-5,7-8H,6H2,1H3,(H,15,20)/t8-/m1/s1. The van der Waals surface area contributed by atoms with Crippen LogP contribution in [0.1, 0.15) is 6.92 Å².